The van der Waals surface area contributed by atoms with Gasteiger partial charge < -0.3 is 15.1 Å². The van der Waals surface area contributed by atoms with E-state index >= 15 is 0 Å². The highest BCUT2D eigenvalue weighted by molar-refractivity contribution is 4.85. The molecule has 2 atom stereocenters. The van der Waals surface area contributed by atoms with Crippen LogP contribution >= 0.6 is 0 Å². The van der Waals surface area contributed by atoms with E-state index in [9.17, 15) is 10.2 Å². The lowest BCUT2D eigenvalue weighted by atomic mass is 9.90. The molecule has 0 radical (unpaired) electrons. The molecule has 1 rings (SSSR count). The molecule has 1 heterocycles. The smallest absolute Gasteiger partial charge is 0.0950 e. The first-order valence-corrected chi connectivity index (χ1v) is 7.04. The summed E-state index contributed by atoms with van der Waals surface area (Å²) >= 11 is 0. The predicted molar refractivity (Wildman–Crippen MR) is 71.0 cm³/mol. The molecule has 2 N–H and O–H groups in total. The molecule has 3 heteroatoms. The number of rotatable bonds is 7. The van der Waals surface area contributed by atoms with Crippen LogP contribution in [-0.4, -0.2) is 46.5 Å². The molecule has 0 amide bonds. The number of hydrogen-bond acceptors (Lipinski definition) is 3. The second kappa shape index (κ2) is 6.72. The standard InChI is InChI=1S/C14H29NO2/c1-12(2)7-6-8-14(3,17)13(16)11-15-9-4-5-10-15/h12-13,16-17H,4-11H2,1-3H3. The lowest BCUT2D eigenvalue weighted by Gasteiger charge is -2.32. The fraction of sp³-hybridized carbons (Fsp3) is 1.00. The molecule has 3 nitrogen and oxygen atoms in total. The first-order chi connectivity index (χ1) is 7.92. The molecule has 0 aromatic rings. The third-order valence-electron chi connectivity index (χ3n) is 3.81. The van der Waals surface area contributed by atoms with Gasteiger partial charge in [-0.1, -0.05) is 26.7 Å². The van der Waals surface area contributed by atoms with E-state index in [1.807, 2.05) is 0 Å². The van der Waals surface area contributed by atoms with E-state index in [0.717, 1.165) is 25.9 Å². The molecule has 1 saturated heterocycles. The second-order valence-corrected chi connectivity index (χ2v) is 6.17. The van der Waals surface area contributed by atoms with Gasteiger partial charge in [-0.2, -0.15) is 0 Å². The SMILES string of the molecule is CC(C)CCCC(C)(O)C(O)CN1CCCC1. The van der Waals surface area contributed by atoms with E-state index in [0.29, 0.717) is 18.9 Å². The Bertz CT molecular complexity index is 210. The van der Waals surface area contributed by atoms with Crippen molar-refractivity contribution in [2.45, 2.75) is 64.6 Å². The Kier molecular flexibility index (Phi) is 5.90. The fourth-order valence-electron chi connectivity index (χ4n) is 2.44. The number of β-amino-alcohol motifs (C(OH)–C–C–N with tert-alkyl or cyclic N) is 1. The third kappa shape index (κ3) is 5.36. The van der Waals surface area contributed by atoms with Crippen LogP contribution in [0.1, 0.15) is 52.9 Å². The first kappa shape index (κ1) is 14.9. The van der Waals surface area contributed by atoms with Gasteiger partial charge in [-0.15, -0.1) is 0 Å². The van der Waals surface area contributed by atoms with Crippen LogP contribution in [0.3, 0.4) is 0 Å². The zero-order valence-electron chi connectivity index (χ0n) is 11.7. The number of aliphatic hydroxyl groups excluding tert-OH is 1. The largest absolute Gasteiger partial charge is 0.389 e. The van der Waals surface area contributed by atoms with Crippen molar-refractivity contribution < 1.29 is 10.2 Å². The summed E-state index contributed by atoms with van der Waals surface area (Å²) in [5.41, 5.74) is -0.933. The molecular formula is C14H29NO2. The lowest BCUT2D eigenvalue weighted by Crippen LogP contribution is -2.46. The highest BCUT2D eigenvalue weighted by atomic mass is 16.3. The normalized spacial score (nSPS) is 22.9. The zero-order chi connectivity index (χ0) is 12.9. The van der Waals surface area contributed by atoms with Crippen LogP contribution in [0.4, 0.5) is 0 Å². The summed E-state index contributed by atoms with van der Waals surface area (Å²) in [4.78, 5) is 2.25. The predicted octanol–water partition coefficient (Wildman–Crippen LogP) is 2.02. The quantitative estimate of drug-likeness (QED) is 0.719. The molecular weight excluding hydrogens is 214 g/mol. The molecule has 17 heavy (non-hydrogen) atoms. The zero-order valence-corrected chi connectivity index (χ0v) is 11.7. The monoisotopic (exact) mass is 243 g/mol. The van der Waals surface area contributed by atoms with Crippen LogP contribution in [0.2, 0.25) is 0 Å². The molecule has 0 spiro atoms. The van der Waals surface area contributed by atoms with Crippen molar-refractivity contribution in [2.75, 3.05) is 19.6 Å². The van der Waals surface area contributed by atoms with Gasteiger partial charge in [-0.3, -0.25) is 0 Å². The van der Waals surface area contributed by atoms with Crippen LogP contribution in [0, 0.1) is 5.92 Å². The van der Waals surface area contributed by atoms with Gasteiger partial charge in [0.05, 0.1) is 11.7 Å². The Hall–Kier alpha value is -0.120. The Labute approximate surface area is 106 Å². The summed E-state index contributed by atoms with van der Waals surface area (Å²) in [5, 5.41) is 20.4. The average Bonchev–Trinajstić information content (AvgIpc) is 2.69. The highest BCUT2D eigenvalue weighted by Crippen LogP contribution is 2.22. The molecule has 1 aliphatic heterocycles. The van der Waals surface area contributed by atoms with E-state index in [2.05, 4.69) is 18.7 Å². The third-order valence-corrected chi connectivity index (χ3v) is 3.81. The molecule has 0 aromatic carbocycles. The molecule has 1 aliphatic rings. The number of nitrogens with zero attached hydrogens (tertiary/aromatic N) is 1. The van der Waals surface area contributed by atoms with Gasteiger partial charge in [-0.05, 0) is 45.2 Å². The van der Waals surface area contributed by atoms with Gasteiger partial charge in [0.15, 0.2) is 0 Å². The number of hydrogen-bond donors (Lipinski definition) is 2. The Balaban J connectivity index is 2.28. The summed E-state index contributed by atoms with van der Waals surface area (Å²) in [7, 11) is 0. The summed E-state index contributed by atoms with van der Waals surface area (Å²) in [6.45, 7) is 8.91. The fourth-order valence-corrected chi connectivity index (χ4v) is 2.44. The van der Waals surface area contributed by atoms with Gasteiger partial charge in [0.25, 0.3) is 0 Å². The summed E-state index contributed by atoms with van der Waals surface area (Å²) in [6, 6.07) is 0. The van der Waals surface area contributed by atoms with E-state index in [-0.39, 0.29) is 0 Å². The van der Waals surface area contributed by atoms with Gasteiger partial charge in [0, 0.05) is 6.54 Å². The minimum atomic E-state index is -0.933. The Morgan fingerprint density at radius 2 is 1.82 bits per heavy atom. The maximum absolute atomic E-state index is 10.3. The molecule has 0 bridgehead atoms. The molecule has 1 fully saturated rings. The summed E-state index contributed by atoms with van der Waals surface area (Å²) < 4.78 is 0. The molecule has 0 saturated carbocycles. The number of likely N-dealkylation sites (tertiary alicyclic amines) is 1. The van der Waals surface area contributed by atoms with Crippen LogP contribution < -0.4 is 0 Å². The molecule has 2 unspecified atom stereocenters. The minimum Gasteiger partial charge on any atom is -0.389 e. The van der Waals surface area contributed by atoms with Gasteiger partial charge in [-0.25, -0.2) is 0 Å². The summed E-state index contributed by atoms with van der Waals surface area (Å²) in [5.74, 6) is 0.668. The van der Waals surface area contributed by atoms with Crippen molar-refractivity contribution in [3.05, 3.63) is 0 Å². The summed E-state index contributed by atoms with van der Waals surface area (Å²) in [6.07, 6.45) is 4.63. The average molecular weight is 243 g/mol. The van der Waals surface area contributed by atoms with Crippen molar-refractivity contribution in [3.63, 3.8) is 0 Å². The van der Waals surface area contributed by atoms with E-state index < -0.39 is 11.7 Å². The van der Waals surface area contributed by atoms with Crippen molar-refractivity contribution >= 4 is 0 Å². The van der Waals surface area contributed by atoms with Gasteiger partial charge in [0.1, 0.15) is 0 Å². The first-order valence-electron chi connectivity index (χ1n) is 7.04. The van der Waals surface area contributed by atoms with E-state index in [4.69, 9.17) is 0 Å². The molecule has 0 aliphatic carbocycles. The minimum absolute atomic E-state index is 0.618. The topological polar surface area (TPSA) is 43.7 Å². The van der Waals surface area contributed by atoms with Crippen molar-refractivity contribution in [3.8, 4) is 0 Å². The van der Waals surface area contributed by atoms with Crippen LogP contribution in [0.5, 0.6) is 0 Å². The maximum Gasteiger partial charge on any atom is 0.0950 e. The van der Waals surface area contributed by atoms with Crippen molar-refractivity contribution in [2.24, 2.45) is 5.92 Å². The maximum atomic E-state index is 10.3. The second-order valence-electron chi connectivity index (χ2n) is 6.17. The van der Waals surface area contributed by atoms with Crippen molar-refractivity contribution in [1.82, 2.24) is 4.90 Å². The van der Waals surface area contributed by atoms with E-state index in [1.165, 1.54) is 12.8 Å². The van der Waals surface area contributed by atoms with Crippen LogP contribution in [0.25, 0.3) is 0 Å². The molecule has 0 aromatic heterocycles. The van der Waals surface area contributed by atoms with Gasteiger partial charge >= 0.3 is 0 Å². The Morgan fingerprint density at radius 3 is 2.35 bits per heavy atom. The highest BCUT2D eigenvalue weighted by Gasteiger charge is 2.31. The van der Waals surface area contributed by atoms with Crippen molar-refractivity contribution in [1.29, 1.82) is 0 Å². The molecule has 102 valence electrons. The number of aliphatic hydroxyl groups is 2. The van der Waals surface area contributed by atoms with Gasteiger partial charge in [0.2, 0.25) is 0 Å². The van der Waals surface area contributed by atoms with Crippen LogP contribution in [0.15, 0.2) is 0 Å². The Morgan fingerprint density at radius 1 is 1.24 bits per heavy atom. The lowest BCUT2D eigenvalue weighted by molar-refractivity contribution is -0.0783. The van der Waals surface area contributed by atoms with Crippen LogP contribution in [-0.2, 0) is 0 Å². The van der Waals surface area contributed by atoms with E-state index in [1.54, 1.807) is 6.92 Å².